The van der Waals surface area contributed by atoms with E-state index < -0.39 is 8.80 Å². The van der Waals surface area contributed by atoms with Gasteiger partial charge in [0.1, 0.15) is 5.40 Å². The fraction of sp³-hybridized carbons (Fsp3) is 0.933. The highest BCUT2D eigenvalue weighted by Gasteiger charge is 2.39. The minimum atomic E-state index is -2.42. The number of thioether (sulfide) groups is 1. The molecular weight excluding hydrogens is 302 g/mol. The van der Waals surface area contributed by atoms with Crippen molar-refractivity contribution in [3.05, 3.63) is 0 Å². The second-order valence-electron chi connectivity index (χ2n) is 4.79. The zero-order valence-corrected chi connectivity index (χ0v) is 15.7. The second kappa shape index (κ2) is 14.9. The first kappa shape index (κ1) is 20.9. The molecule has 0 rings (SSSR count). The van der Waals surface area contributed by atoms with Crippen LogP contribution < -0.4 is 0 Å². The van der Waals surface area contributed by atoms with E-state index in [0.29, 0.717) is 19.8 Å². The van der Waals surface area contributed by atoms with E-state index in [9.17, 15) is 0 Å². The van der Waals surface area contributed by atoms with E-state index in [1.54, 1.807) is 0 Å². The van der Waals surface area contributed by atoms with Gasteiger partial charge in [-0.2, -0.15) is 5.26 Å². The van der Waals surface area contributed by atoms with Gasteiger partial charge < -0.3 is 13.3 Å². The minimum Gasteiger partial charge on any atom is -0.374 e. The van der Waals surface area contributed by atoms with Crippen LogP contribution in [0.4, 0.5) is 0 Å². The highest BCUT2D eigenvalue weighted by molar-refractivity contribution is 8.03. The van der Waals surface area contributed by atoms with Crippen LogP contribution in [0.3, 0.4) is 0 Å². The van der Waals surface area contributed by atoms with E-state index in [0.717, 1.165) is 24.6 Å². The summed E-state index contributed by atoms with van der Waals surface area (Å²) in [7, 11) is -2.42. The molecule has 124 valence electrons. The van der Waals surface area contributed by atoms with Crippen molar-refractivity contribution >= 4 is 20.6 Å². The van der Waals surface area contributed by atoms with Gasteiger partial charge in [-0.1, -0.05) is 25.7 Å². The fourth-order valence-electron chi connectivity index (χ4n) is 2.27. The Morgan fingerprint density at radius 2 is 1.29 bits per heavy atom. The summed E-state index contributed by atoms with van der Waals surface area (Å²) < 4.78 is 17.5. The Morgan fingerprint density at radius 3 is 1.76 bits per heavy atom. The molecular formula is C15H31NO3SSi. The zero-order valence-electron chi connectivity index (χ0n) is 13.9. The molecule has 0 saturated carbocycles. The number of nitrogens with zero attached hydrogens (tertiary/aromatic N) is 1. The maximum atomic E-state index is 8.43. The topological polar surface area (TPSA) is 51.5 Å². The van der Waals surface area contributed by atoms with Crippen LogP contribution in [0.1, 0.15) is 59.3 Å². The smallest absolute Gasteiger partial charge is 0.374 e. The molecule has 0 spiro atoms. The molecule has 6 heteroatoms. The van der Waals surface area contributed by atoms with E-state index in [2.05, 4.69) is 5.40 Å². The summed E-state index contributed by atoms with van der Waals surface area (Å²) in [6.45, 7) is 7.96. The number of hydrogen-bond donors (Lipinski definition) is 0. The molecule has 0 saturated heterocycles. The maximum absolute atomic E-state index is 8.43. The van der Waals surface area contributed by atoms with Gasteiger partial charge >= 0.3 is 8.80 Å². The first-order chi connectivity index (χ1) is 10.2. The monoisotopic (exact) mass is 333 g/mol. The lowest BCUT2D eigenvalue weighted by Gasteiger charge is -2.28. The van der Waals surface area contributed by atoms with Crippen molar-refractivity contribution in [1.82, 2.24) is 0 Å². The summed E-state index contributed by atoms with van der Waals surface area (Å²) in [5, 5.41) is 10.5. The largest absolute Gasteiger partial charge is 0.500 e. The lowest BCUT2D eigenvalue weighted by atomic mass is 10.1. The predicted molar refractivity (Wildman–Crippen MR) is 91.2 cm³/mol. The van der Waals surface area contributed by atoms with Crippen LogP contribution in [0.25, 0.3) is 0 Å². The van der Waals surface area contributed by atoms with E-state index in [1.807, 2.05) is 20.8 Å². The number of unbranched alkanes of at least 4 members (excludes halogenated alkanes) is 5. The van der Waals surface area contributed by atoms with Gasteiger partial charge in [0, 0.05) is 31.6 Å². The summed E-state index contributed by atoms with van der Waals surface area (Å²) in [5.74, 6) is 0.964. The SMILES string of the molecule is CCO[Si](CCCCCCCCSC#N)(OCC)OCC. The van der Waals surface area contributed by atoms with E-state index in [4.69, 9.17) is 18.5 Å². The molecule has 0 amide bonds. The van der Waals surface area contributed by atoms with E-state index in [-0.39, 0.29) is 0 Å². The van der Waals surface area contributed by atoms with Crippen molar-refractivity contribution < 1.29 is 13.3 Å². The zero-order chi connectivity index (χ0) is 15.8. The third-order valence-corrected chi connectivity index (χ3v) is 6.91. The number of nitriles is 1. The fourth-order valence-corrected chi connectivity index (χ4v) is 5.39. The van der Waals surface area contributed by atoms with Crippen LogP contribution >= 0.6 is 11.8 Å². The molecule has 0 bridgehead atoms. The Bertz CT molecular complexity index is 257. The first-order valence-corrected chi connectivity index (χ1v) is 11.1. The maximum Gasteiger partial charge on any atom is 0.500 e. The van der Waals surface area contributed by atoms with Gasteiger partial charge in [0.2, 0.25) is 0 Å². The molecule has 0 radical (unpaired) electrons. The van der Waals surface area contributed by atoms with Crippen LogP contribution in [-0.2, 0) is 13.3 Å². The summed E-state index contributed by atoms with van der Waals surface area (Å²) in [4.78, 5) is 0. The van der Waals surface area contributed by atoms with Crippen LogP contribution in [0.5, 0.6) is 0 Å². The van der Waals surface area contributed by atoms with Crippen molar-refractivity contribution in [3.8, 4) is 5.40 Å². The molecule has 0 aromatic heterocycles. The first-order valence-electron chi connectivity index (χ1n) is 8.17. The second-order valence-corrected chi connectivity index (χ2v) is 8.40. The molecule has 0 unspecified atom stereocenters. The van der Waals surface area contributed by atoms with Crippen molar-refractivity contribution in [1.29, 1.82) is 5.26 Å². The molecule has 21 heavy (non-hydrogen) atoms. The number of hydrogen-bond acceptors (Lipinski definition) is 5. The number of thiocyanates is 1. The third kappa shape index (κ3) is 11.2. The quantitative estimate of drug-likeness (QED) is 0.249. The third-order valence-electron chi connectivity index (χ3n) is 3.14. The lowest BCUT2D eigenvalue weighted by Crippen LogP contribution is -2.45. The van der Waals surface area contributed by atoms with Gasteiger partial charge in [-0.25, -0.2) is 0 Å². The average molecular weight is 334 g/mol. The Hall–Kier alpha value is -0.0631. The van der Waals surface area contributed by atoms with Gasteiger partial charge in [-0.3, -0.25) is 0 Å². The van der Waals surface area contributed by atoms with Crippen molar-refractivity contribution in [2.24, 2.45) is 0 Å². The molecule has 0 heterocycles. The molecule has 4 nitrogen and oxygen atoms in total. The average Bonchev–Trinajstić information content (AvgIpc) is 2.46. The van der Waals surface area contributed by atoms with Gasteiger partial charge in [0.15, 0.2) is 0 Å². The molecule has 0 aromatic rings. The standard InChI is InChI=1S/C15H31NO3SSi/c1-4-17-21(18-5-2,19-6-3)14-12-10-8-7-9-11-13-20-15-16/h4-14H2,1-3H3. The predicted octanol–water partition coefficient (Wildman–Crippen LogP) is 4.59. The Balaban J connectivity index is 3.79. The molecule has 0 fully saturated rings. The number of rotatable bonds is 15. The van der Waals surface area contributed by atoms with Gasteiger partial charge in [0.05, 0.1) is 0 Å². The molecule has 0 aliphatic heterocycles. The Morgan fingerprint density at radius 1 is 0.810 bits per heavy atom. The summed E-state index contributed by atoms with van der Waals surface area (Å²) >= 11 is 1.36. The van der Waals surface area contributed by atoms with Crippen LogP contribution in [0.2, 0.25) is 6.04 Å². The summed E-state index contributed by atoms with van der Waals surface area (Å²) in [6.07, 6.45) is 7.17. The summed E-state index contributed by atoms with van der Waals surface area (Å²) in [6, 6.07) is 0.923. The normalized spacial score (nSPS) is 11.5. The summed E-state index contributed by atoms with van der Waals surface area (Å²) in [5.41, 5.74) is 0. The molecule has 0 N–H and O–H groups in total. The molecule has 0 aromatic carbocycles. The molecule has 0 aliphatic carbocycles. The van der Waals surface area contributed by atoms with Crippen LogP contribution in [0, 0.1) is 10.7 Å². The van der Waals surface area contributed by atoms with E-state index >= 15 is 0 Å². The van der Waals surface area contributed by atoms with Crippen LogP contribution in [0.15, 0.2) is 0 Å². The molecule has 0 atom stereocenters. The highest BCUT2D eigenvalue weighted by atomic mass is 32.2. The van der Waals surface area contributed by atoms with Crippen molar-refractivity contribution in [2.45, 2.75) is 65.3 Å². The van der Waals surface area contributed by atoms with E-state index in [1.165, 1.54) is 37.4 Å². The van der Waals surface area contributed by atoms with Crippen LogP contribution in [-0.4, -0.2) is 34.4 Å². The Kier molecular flexibility index (Phi) is 14.8. The van der Waals surface area contributed by atoms with Crippen molar-refractivity contribution in [3.63, 3.8) is 0 Å². The Labute approximate surface area is 135 Å². The van der Waals surface area contributed by atoms with Gasteiger partial charge in [-0.15, -0.1) is 0 Å². The minimum absolute atomic E-state index is 0.656. The highest BCUT2D eigenvalue weighted by Crippen LogP contribution is 2.20. The molecule has 0 aliphatic rings. The van der Waals surface area contributed by atoms with Gasteiger partial charge in [0.25, 0.3) is 0 Å². The lowest BCUT2D eigenvalue weighted by molar-refractivity contribution is 0.0706. The van der Waals surface area contributed by atoms with Gasteiger partial charge in [-0.05, 0) is 45.4 Å². The van der Waals surface area contributed by atoms with Crippen molar-refractivity contribution in [2.75, 3.05) is 25.6 Å².